The van der Waals surface area contributed by atoms with Crippen LogP contribution in [0.25, 0.3) is 0 Å². The molecule has 0 aliphatic heterocycles. The van der Waals surface area contributed by atoms with E-state index in [4.69, 9.17) is 8.83 Å². The van der Waals surface area contributed by atoms with Gasteiger partial charge in [0, 0.05) is 11.3 Å². The van der Waals surface area contributed by atoms with E-state index >= 15 is 0 Å². The van der Waals surface area contributed by atoms with E-state index in [0.717, 1.165) is 11.3 Å². The van der Waals surface area contributed by atoms with Crippen molar-refractivity contribution >= 4 is 64.4 Å². The Morgan fingerprint density at radius 1 is 0.698 bits per heavy atom. The Kier molecular flexibility index (Phi) is 8.43. The molecule has 3 heterocycles. The molecule has 0 saturated heterocycles. The van der Waals surface area contributed by atoms with Crippen molar-refractivity contribution in [3.05, 3.63) is 108 Å². The van der Waals surface area contributed by atoms with E-state index in [-0.39, 0.29) is 38.3 Å². The summed E-state index contributed by atoms with van der Waals surface area (Å²) in [6.45, 7) is -0.0492. The summed E-state index contributed by atoms with van der Waals surface area (Å²) in [4.78, 5) is 13.1. The zero-order valence-electron chi connectivity index (χ0n) is 21.8. The fourth-order valence-corrected chi connectivity index (χ4v) is 7.70. The van der Waals surface area contributed by atoms with Crippen LogP contribution in [0.5, 0.6) is 0 Å². The maximum atomic E-state index is 13.2. The van der Waals surface area contributed by atoms with Crippen molar-refractivity contribution in [2.75, 3.05) is 14.8 Å². The number of anilines is 3. The van der Waals surface area contributed by atoms with Gasteiger partial charge in [0.1, 0.15) is 9.97 Å². The number of rotatable bonds is 12. The van der Waals surface area contributed by atoms with Crippen LogP contribution in [0.1, 0.15) is 16.1 Å². The van der Waals surface area contributed by atoms with Gasteiger partial charge in [-0.2, -0.15) is 8.42 Å². The third-order valence-corrected chi connectivity index (χ3v) is 11.1. The molecular formula is C26H22N4O9S4. The van der Waals surface area contributed by atoms with Crippen LogP contribution in [0, 0.1) is 0 Å². The molecule has 0 saturated carbocycles. The second-order valence-electron chi connectivity index (χ2n) is 8.76. The zero-order valence-corrected chi connectivity index (χ0v) is 25.0. The van der Waals surface area contributed by atoms with E-state index in [1.54, 1.807) is 23.6 Å². The van der Waals surface area contributed by atoms with Crippen LogP contribution in [0.3, 0.4) is 0 Å². The Hall–Kier alpha value is -4.42. The molecule has 0 radical (unpaired) electrons. The molecule has 0 bridgehead atoms. The normalized spacial score (nSPS) is 12.1. The van der Waals surface area contributed by atoms with Gasteiger partial charge in [0.15, 0.2) is 0 Å². The average molecular weight is 663 g/mol. The summed E-state index contributed by atoms with van der Waals surface area (Å²) in [5.41, 5.74) is -0.114. The number of benzene rings is 2. The highest BCUT2D eigenvalue weighted by atomic mass is 32.2. The third kappa shape index (κ3) is 7.33. The molecule has 4 N–H and O–H groups in total. The fourth-order valence-electron chi connectivity index (χ4n) is 3.70. The van der Waals surface area contributed by atoms with Crippen molar-refractivity contribution in [3.63, 3.8) is 0 Å². The second kappa shape index (κ2) is 12.1. The first kappa shape index (κ1) is 30.1. The van der Waals surface area contributed by atoms with Gasteiger partial charge >= 0.3 is 0 Å². The number of carbonyl (C=O) groups is 1. The Labute approximate surface area is 250 Å². The molecule has 2 aromatic carbocycles. The molecule has 0 aliphatic carbocycles. The van der Waals surface area contributed by atoms with Gasteiger partial charge < -0.3 is 14.2 Å². The lowest BCUT2D eigenvalue weighted by molar-refractivity contribution is 0.102. The molecule has 3 aromatic heterocycles. The van der Waals surface area contributed by atoms with Crippen LogP contribution in [0.2, 0.25) is 0 Å². The average Bonchev–Trinajstić information content (AvgIpc) is 3.76. The van der Waals surface area contributed by atoms with Crippen molar-refractivity contribution in [1.29, 1.82) is 0 Å². The van der Waals surface area contributed by atoms with Gasteiger partial charge in [0.2, 0.25) is 15.1 Å². The Balaban J connectivity index is 1.38. The van der Waals surface area contributed by atoms with Gasteiger partial charge in [-0.05, 0) is 78.2 Å². The van der Waals surface area contributed by atoms with Gasteiger partial charge in [-0.3, -0.25) is 14.2 Å². The highest BCUT2D eigenvalue weighted by Crippen LogP contribution is 2.27. The number of thiophene rings is 1. The summed E-state index contributed by atoms with van der Waals surface area (Å²) in [6.07, 6.45) is 2.59. The van der Waals surface area contributed by atoms with Crippen molar-refractivity contribution in [2.24, 2.45) is 0 Å². The molecule has 5 aromatic rings. The predicted octanol–water partition coefficient (Wildman–Crippen LogP) is 4.27. The molecule has 0 unspecified atom stereocenters. The zero-order chi connectivity index (χ0) is 30.7. The minimum absolute atomic E-state index is 0.00811. The topological polar surface area (TPSA) is 194 Å². The van der Waals surface area contributed by atoms with Crippen LogP contribution in [-0.4, -0.2) is 31.2 Å². The lowest BCUT2D eigenvalue weighted by Gasteiger charge is -2.13. The fraction of sp³-hybridized carbons (Fsp3) is 0.0385. The highest BCUT2D eigenvalue weighted by Gasteiger charge is 2.21. The Bertz CT molecular complexity index is 1960. The van der Waals surface area contributed by atoms with Crippen LogP contribution in [-0.2, 0) is 36.6 Å². The van der Waals surface area contributed by atoms with Gasteiger partial charge in [0.05, 0.1) is 35.3 Å². The van der Waals surface area contributed by atoms with Crippen LogP contribution < -0.4 is 19.5 Å². The minimum Gasteiger partial charge on any atom is -0.468 e. The number of hydrogen-bond donors (Lipinski definition) is 4. The van der Waals surface area contributed by atoms with Crippen LogP contribution in [0.4, 0.5) is 17.1 Å². The van der Waals surface area contributed by atoms with E-state index < -0.39 is 41.1 Å². The van der Waals surface area contributed by atoms with E-state index in [1.165, 1.54) is 73.2 Å². The maximum absolute atomic E-state index is 13.2. The summed E-state index contributed by atoms with van der Waals surface area (Å²) in [5.74, 6) is -0.305. The first-order chi connectivity index (χ1) is 20.4. The second-order valence-corrected chi connectivity index (χ2v) is 15.0. The summed E-state index contributed by atoms with van der Waals surface area (Å²) in [6, 6.07) is 17.7. The first-order valence-electron chi connectivity index (χ1n) is 12.1. The number of carbonyl (C=O) groups excluding carboxylic acids is 1. The molecule has 1 amide bonds. The van der Waals surface area contributed by atoms with E-state index in [1.807, 2.05) is 0 Å². The van der Waals surface area contributed by atoms with Gasteiger partial charge in [-0.1, -0.05) is 6.07 Å². The Morgan fingerprint density at radius 2 is 1.37 bits per heavy atom. The molecule has 5 rings (SSSR count). The number of furan rings is 2. The molecule has 224 valence electrons. The predicted molar refractivity (Wildman–Crippen MR) is 158 cm³/mol. The molecular weight excluding hydrogens is 641 g/mol. The lowest BCUT2D eigenvalue weighted by Crippen LogP contribution is -2.23. The molecule has 0 fully saturated rings. The smallest absolute Gasteiger partial charge is 0.295 e. The lowest BCUT2D eigenvalue weighted by atomic mass is 10.1. The number of hydrogen-bond acceptors (Lipinski definition) is 10. The van der Waals surface area contributed by atoms with Gasteiger partial charge in [0.25, 0.3) is 26.0 Å². The Morgan fingerprint density at radius 3 is 1.98 bits per heavy atom. The van der Waals surface area contributed by atoms with Gasteiger partial charge in [-0.25, -0.2) is 21.6 Å². The molecule has 43 heavy (non-hydrogen) atoms. The summed E-state index contributed by atoms with van der Waals surface area (Å²) >= 11 is 0.973. The van der Waals surface area contributed by atoms with Crippen LogP contribution in [0.15, 0.2) is 120 Å². The highest BCUT2D eigenvalue weighted by molar-refractivity contribution is 7.94. The summed E-state index contributed by atoms with van der Waals surface area (Å²) in [5, 5.41) is 3.77. The summed E-state index contributed by atoms with van der Waals surface area (Å²) in [7, 11) is -12.1. The van der Waals surface area contributed by atoms with Crippen molar-refractivity contribution in [3.8, 4) is 0 Å². The van der Waals surface area contributed by atoms with E-state index in [9.17, 15) is 30.0 Å². The van der Waals surface area contributed by atoms with E-state index in [0.29, 0.717) is 5.76 Å². The minimum atomic E-state index is -4.21. The monoisotopic (exact) mass is 662 g/mol. The summed E-state index contributed by atoms with van der Waals surface area (Å²) < 4.78 is 93.5. The maximum Gasteiger partial charge on any atom is 0.295 e. The van der Waals surface area contributed by atoms with Gasteiger partial charge in [-0.15, -0.1) is 11.3 Å². The molecule has 13 nitrogen and oxygen atoms in total. The van der Waals surface area contributed by atoms with Crippen molar-refractivity contribution in [2.45, 2.75) is 20.7 Å². The largest absolute Gasteiger partial charge is 0.468 e. The molecule has 17 heteroatoms. The molecule has 0 atom stereocenters. The third-order valence-electron chi connectivity index (χ3n) is 5.66. The van der Waals surface area contributed by atoms with Crippen molar-refractivity contribution in [1.82, 2.24) is 4.72 Å². The number of sulfonamides is 3. The number of nitrogens with one attached hydrogen (secondary N) is 4. The molecule has 0 aliphatic rings. The van der Waals surface area contributed by atoms with Crippen molar-refractivity contribution < 1.29 is 38.9 Å². The van der Waals surface area contributed by atoms with Crippen LogP contribution >= 0.6 is 11.3 Å². The molecule has 0 spiro atoms. The number of amides is 1. The van der Waals surface area contributed by atoms with E-state index in [2.05, 4.69) is 19.5 Å². The standard InChI is InChI=1S/C26H22N4O9S4/c31-26(28-19-7-9-23(10-8-19)41(32,33)27-17-22-4-1-11-38-22)18-14-20(29-42(34,35)24-5-2-12-39-24)16-21(15-18)30-43(36,37)25-6-3-13-40-25/h1-16,27,29-30H,17H2,(H,28,31). The quantitative estimate of drug-likeness (QED) is 0.151. The first-order valence-corrected chi connectivity index (χ1v) is 17.5. The SMILES string of the molecule is O=C(Nc1ccc(S(=O)(=O)NCc2ccco2)cc1)c1cc(NS(=O)(=O)c2ccco2)cc(NS(=O)(=O)c2cccs2)c1.